The van der Waals surface area contributed by atoms with E-state index in [4.69, 9.17) is 5.73 Å². The summed E-state index contributed by atoms with van der Waals surface area (Å²) in [5, 5.41) is 0. The maximum atomic E-state index is 13.3. The topological polar surface area (TPSA) is 72.2 Å². The molecular weight excluding hydrogens is 255 g/mol. The van der Waals surface area contributed by atoms with Crippen LogP contribution in [0.2, 0.25) is 0 Å². The van der Waals surface area contributed by atoms with Crippen molar-refractivity contribution >= 4 is 10.0 Å². The minimum atomic E-state index is -3.60. The summed E-state index contributed by atoms with van der Waals surface area (Å²) >= 11 is 0. The zero-order chi connectivity index (χ0) is 13.4. The van der Waals surface area contributed by atoms with Gasteiger partial charge in [-0.15, -0.1) is 0 Å². The highest BCUT2D eigenvalue weighted by Gasteiger charge is 2.36. The first kappa shape index (κ1) is 13.5. The zero-order valence-corrected chi connectivity index (χ0v) is 11.1. The van der Waals surface area contributed by atoms with Crippen molar-refractivity contribution < 1.29 is 12.8 Å². The molecule has 1 aromatic carbocycles. The van der Waals surface area contributed by atoms with Crippen LogP contribution in [0.5, 0.6) is 0 Å². The Kier molecular flexibility index (Phi) is 3.44. The van der Waals surface area contributed by atoms with E-state index >= 15 is 0 Å². The third-order valence-electron chi connectivity index (χ3n) is 3.39. The van der Waals surface area contributed by atoms with Gasteiger partial charge in [-0.05, 0) is 44.4 Å². The second-order valence-electron chi connectivity index (χ2n) is 4.98. The highest BCUT2D eigenvalue weighted by atomic mass is 32.2. The average molecular weight is 272 g/mol. The molecule has 0 bridgehead atoms. The summed E-state index contributed by atoms with van der Waals surface area (Å²) in [5.74, 6) is -0.480. The van der Waals surface area contributed by atoms with Crippen LogP contribution < -0.4 is 10.5 Å². The van der Waals surface area contributed by atoms with Gasteiger partial charge < -0.3 is 5.73 Å². The number of halogens is 1. The van der Waals surface area contributed by atoms with Crippen LogP contribution in [0.25, 0.3) is 0 Å². The Balaban J connectivity index is 2.29. The minimum Gasteiger partial charge on any atom is -0.326 e. The highest BCUT2D eigenvalue weighted by molar-refractivity contribution is 7.89. The van der Waals surface area contributed by atoms with E-state index in [1.165, 1.54) is 12.1 Å². The molecule has 0 aromatic heterocycles. The third kappa shape index (κ3) is 2.55. The van der Waals surface area contributed by atoms with Crippen molar-refractivity contribution in [1.29, 1.82) is 0 Å². The van der Waals surface area contributed by atoms with Crippen LogP contribution in [-0.4, -0.2) is 14.0 Å². The fourth-order valence-electron chi connectivity index (χ4n) is 2.07. The molecule has 1 saturated carbocycles. The number of hydrogen-bond acceptors (Lipinski definition) is 3. The van der Waals surface area contributed by atoms with E-state index in [-0.39, 0.29) is 22.5 Å². The Morgan fingerprint density at radius 2 is 2.11 bits per heavy atom. The SMILES string of the molecule is CC1(NS(=O)(=O)c2ccc(F)c(CN)c2)CCC1. The molecule has 0 aliphatic heterocycles. The first-order valence-electron chi connectivity index (χ1n) is 5.89. The molecule has 1 aliphatic rings. The first-order valence-corrected chi connectivity index (χ1v) is 7.37. The second kappa shape index (κ2) is 4.60. The molecule has 18 heavy (non-hydrogen) atoms. The van der Waals surface area contributed by atoms with Crippen LogP contribution in [0.4, 0.5) is 4.39 Å². The lowest BCUT2D eigenvalue weighted by atomic mass is 9.80. The predicted molar refractivity (Wildman–Crippen MR) is 66.9 cm³/mol. The molecule has 4 nitrogen and oxygen atoms in total. The molecule has 2 rings (SSSR count). The molecule has 3 N–H and O–H groups in total. The molecule has 0 saturated heterocycles. The Morgan fingerprint density at radius 3 is 2.61 bits per heavy atom. The molecule has 0 unspecified atom stereocenters. The lowest BCUT2D eigenvalue weighted by Crippen LogP contribution is -2.50. The minimum absolute atomic E-state index is 0.0214. The summed E-state index contributed by atoms with van der Waals surface area (Å²) in [6.07, 6.45) is 2.69. The van der Waals surface area contributed by atoms with E-state index < -0.39 is 15.8 Å². The molecule has 1 aliphatic carbocycles. The van der Waals surface area contributed by atoms with Gasteiger partial charge in [-0.2, -0.15) is 0 Å². The molecule has 100 valence electrons. The van der Waals surface area contributed by atoms with Gasteiger partial charge in [-0.25, -0.2) is 17.5 Å². The fraction of sp³-hybridized carbons (Fsp3) is 0.500. The van der Waals surface area contributed by atoms with Crippen LogP contribution in [0.1, 0.15) is 31.7 Å². The van der Waals surface area contributed by atoms with E-state index in [0.717, 1.165) is 25.3 Å². The van der Waals surface area contributed by atoms with E-state index in [2.05, 4.69) is 4.72 Å². The van der Waals surface area contributed by atoms with Crippen molar-refractivity contribution in [2.75, 3.05) is 0 Å². The summed E-state index contributed by atoms with van der Waals surface area (Å²) in [6, 6.07) is 3.69. The van der Waals surface area contributed by atoms with E-state index in [9.17, 15) is 12.8 Å². The van der Waals surface area contributed by atoms with Crippen LogP contribution in [0.15, 0.2) is 23.1 Å². The van der Waals surface area contributed by atoms with Crippen molar-refractivity contribution in [1.82, 2.24) is 4.72 Å². The lowest BCUT2D eigenvalue weighted by molar-refractivity contribution is 0.248. The number of rotatable bonds is 4. The summed E-state index contributed by atoms with van der Waals surface area (Å²) in [4.78, 5) is 0.0671. The largest absolute Gasteiger partial charge is 0.326 e. The van der Waals surface area contributed by atoms with Gasteiger partial charge in [0.2, 0.25) is 10.0 Å². The monoisotopic (exact) mass is 272 g/mol. The van der Waals surface area contributed by atoms with E-state index in [1.807, 2.05) is 6.92 Å². The smallest absolute Gasteiger partial charge is 0.241 e. The Morgan fingerprint density at radius 1 is 1.44 bits per heavy atom. The molecule has 6 heteroatoms. The van der Waals surface area contributed by atoms with Gasteiger partial charge >= 0.3 is 0 Å². The number of sulfonamides is 1. The van der Waals surface area contributed by atoms with Crippen molar-refractivity contribution in [2.24, 2.45) is 5.73 Å². The lowest BCUT2D eigenvalue weighted by Gasteiger charge is -2.38. The predicted octanol–water partition coefficient (Wildman–Crippen LogP) is 1.51. The van der Waals surface area contributed by atoms with Gasteiger partial charge in [0, 0.05) is 17.6 Å². The standard InChI is InChI=1S/C12H17FN2O2S/c1-12(5-2-6-12)15-18(16,17)10-3-4-11(13)9(7-10)8-14/h3-4,7,15H,2,5-6,8,14H2,1H3. The zero-order valence-electron chi connectivity index (χ0n) is 10.2. The van der Waals surface area contributed by atoms with Crippen molar-refractivity contribution in [3.05, 3.63) is 29.6 Å². The van der Waals surface area contributed by atoms with Crippen molar-refractivity contribution in [3.8, 4) is 0 Å². The Bertz CT molecular complexity index is 553. The third-order valence-corrected chi connectivity index (χ3v) is 5.02. The molecule has 1 aromatic rings. The van der Waals surface area contributed by atoms with Gasteiger partial charge in [0.15, 0.2) is 0 Å². The average Bonchev–Trinajstić information content (AvgIpc) is 2.26. The molecule has 0 amide bonds. The van der Waals surface area contributed by atoms with Gasteiger partial charge in [0.05, 0.1) is 4.90 Å². The molecule has 0 atom stereocenters. The number of nitrogens with two attached hydrogens (primary N) is 1. The number of nitrogens with one attached hydrogen (secondary N) is 1. The quantitative estimate of drug-likeness (QED) is 0.872. The maximum absolute atomic E-state index is 13.3. The summed E-state index contributed by atoms with van der Waals surface area (Å²) < 4.78 is 40.2. The molecule has 0 heterocycles. The fourth-order valence-corrected chi connectivity index (χ4v) is 3.58. The highest BCUT2D eigenvalue weighted by Crippen LogP contribution is 2.32. The maximum Gasteiger partial charge on any atom is 0.241 e. The number of benzene rings is 1. The molecule has 0 radical (unpaired) electrons. The van der Waals surface area contributed by atoms with Crippen molar-refractivity contribution in [3.63, 3.8) is 0 Å². The van der Waals surface area contributed by atoms with E-state index in [1.54, 1.807) is 0 Å². The number of hydrogen-bond donors (Lipinski definition) is 2. The van der Waals surface area contributed by atoms with Crippen LogP contribution in [-0.2, 0) is 16.6 Å². The van der Waals surface area contributed by atoms with Crippen LogP contribution in [0, 0.1) is 5.82 Å². The van der Waals surface area contributed by atoms with Gasteiger partial charge in [-0.1, -0.05) is 0 Å². The van der Waals surface area contributed by atoms with Gasteiger partial charge in [0.25, 0.3) is 0 Å². The van der Waals surface area contributed by atoms with E-state index in [0.29, 0.717) is 0 Å². The molecule has 1 fully saturated rings. The molecule has 0 spiro atoms. The summed E-state index contributed by atoms with van der Waals surface area (Å²) in [5.41, 5.74) is 5.21. The normalized spacial score (nSPS) is 18.4. The Labute approximate surface area is 106 Å². The van der Waals surface area contributed by atoms with Gasteiger partial charge in [0.1, 0.15) is 5.82 Å². The summed E-state index contributed by atoms with van der Waals surface area (Å²) in [6.45, 7) is 1.86. The van der Waals surface area contributed by atoms with Crippen LogP contribution in [0.3, 0.4) is 0 Å². The molecular formula is C12H17FN2O2S. The Hall–Kier alpha value is -0.980. The van der Waals surface area contributed by atoms with Gasteiger partial charge in [-0.3, -0.25) is 0 Å². The van der Waals surface area contributed by atoms with Crippen molar-refractivity contribution in [2.45, 2.75) is 43.2 Å². The van der Waals surface area contributed by atoms with Crippen LogP contribution >= 0.6 is 0 Å². The second-order valence-corrected chi connectivity index (χ2v) is 6.66. The first-order chi connectivity index (χ1) is 8.36. The summed E-state index contributed by atoms with van der Waals surface area (Å²) in [7, 11) is -3.60.